The Morgan fingerprint density at radius 1 is 1.10 bits per heavy atom. The number of carbonyl (C=O) groups excluding carboxylic acids is 1. The normalized spacial score (nSPS) is 21.2. The third-order valence-electron chi connectivity index (χ3n) is 6.50. The highest BCUT2D eigenvalue weighted by Crippen LogP contribution is 2.55. The van der Waals surface area contributed by atoms with E-state index < -0.39 is 0 Å². The molecule has 0 spiro atoms. The number of hydrogen-bond acceptors (Lipinski definition) is 5. The molecule has 1 heterocycles. The van der Waals surface area contributed by atoms with Gasteiger partial charge in [0.1, 0.15) is 11.9 Å². The molecule has 1 saturated carbocycles. The first-order valence-corrected chi connectivity index (χ1v) is 10.7. The van der Waals surface area contributed by atoms with Crippen LogP contribution in [-0.2, 0) is 0 Å². The fraction of sp³-hybridized carbons (Fsp3) is 0.520. The Hall–Kier alpha value is -2.94. The summed E-state index contributed by atoms with van der Waals surface area (Å²) in [6, 6.07) is 9.56. The largest absolute Gasteiger partial charge is 0.489 e. The SMILES string of the molecule is Cc1cc(OC2C(C)(C)C(NC(=O)c3ccc(C(C)C)nn3)C2(C)C)cc(C)c1C#N. The molecule has 31 heavy (non-hydrogen) atoms. The van der Waals surface area contributed by atoms with E-state index in [-0.39, 0.29) is 34.8 Å². The summed E-state index contributed by atoms with van der Waals surface area (Å²) >= 11 is 0. The Labute approximate surface area is 185 Å². The Kier molecular flexibility index (Phi) is 5.84. The molecule has 1 aliphatic carbocycles. The molecule has 0 aliphatic heterocycles. The van der Waals surface area contributed by atoms with Crippen LogP contribution in [0.3, 0.4) is 0 Å². The second-order valence-electron chi connectivity index (χ2n) is 10.1. The number of aromatic nitrogens is 2. The minimum Gasteiger partial charge on any atom is -0.489 e. The van der Waals surface area contributed by atoms with Gasteiger partial charge < -0.3 is 10.1 Å². The minimum atomic E-state index is -0.291. The molecule has 1 N–H and O–H groups in total. The summed E-state index contributed by atoms with van der Waals surface area (Å²) in [4.78, 5) is 12.8. The van der Waals surface area contributed by atoms with Gasteiger partial charge in [-0.2, -0.15) is 10.4 Å². The van der Waals surface area contributed by atoms with Crippen LogP contribution >= 0.6 is 0 Å². The summed E-state index contributed by atoms with van der Waals surface area (Å²) in [5.74, 6) is 0.791. The first-order chi connectivity index (χ1) is 14.4. The van der Waals surface area contributed by atoms with Crippen LogP contribution in [0.4, 0.5) is 0 Å². The number of hydrogen-bond donors (Lipinski definition) is 1. The molecule has 6 nitrogen and oxygen atoms in total. The van der Waals surface area contributed by atoms with Gasteiger partial charge in [-0.1, -0.05) is 41.5 Å². The van der Waals surface area contributed by atoms with Gasteiger partial charge in [-0.25, -0.2) is 0 Å². The number of rotatable bonds is 5. The van der Waals surface area contributed by atoms with Gasteiger partial charge in [0.25, 0.3) is 5.91 Å². The smallest absolute Gasteiger partial charge is 0.272 e. The van der Waals surface area contributed by atoms with Crippen LogP contribution in [0.25, 0.3) is 0 Å². The summed E-state index contributed by atoms with van der Waals surface area (Å²) in [6.07, 6.45) is -0.105. The fourth-order valence-corrected chi connectivity index (χ4v) is 5.08. The summed E-state index contributed by atoms with van der Waals surface area (Å²) in [5.41, 5.74) is 3.09. The lowest BCUT2D eigenvalue weighted by atomic mass is 9.49. The van der Waals surface area contributed by atoms with E-state index in [4.69, 9.17) is 4.74 Å². The molecule has 164 valence electrons. The van der Waals surface area contributed by atoms with E-state index in [0.29, 0.717) is 11.3 Å². The van der Waals surface area contributed by atoms with Crippen LogP contribution < -0.4 is 10.1 Å². The Morgan fingerprint density at radius 3 is 2.13 bits per heavy atom. The third-order valence-corrected chi connectivity index (χ3v) is 6.50. The first kappa shape index (κ1) is 22.7. The molecule has 1 aromatic carbocycles. The topological polar surface area (TPSA) is 87.9 Å². The van der Waals surface area contributed by atoms with Gasteiger partial charge >= 0.3 is 0 Å². The van der Waals surface area contributed by atoms with Crippen molar-refractivity contribution in [3.05, 3.63) is 52.3 Å². The van der Waals surface area contributed by atoms with Gasteiger partial charge in [-0.3, -0.25) is 4.79 Å². The van der Waals surface area contributed by atoms with Crippen LogP contribution in [0, 0.1) is 36.0 Å². The second kappa shape index (κ2) is 7.96. The molecule has 1 aromatic heterocycles. The minimum absolute atomic E-state index is 0.0929. The van der Waals surface area contributed by atoms with Crippen molar-refractivity contribution in [2.24, 2.45) is 10.8 Å². The maximum atomic E-state index is 12.8. The summed E-state index contributed by atoms with van der Waals surface area (Å²) < 4.78 is 6.41. The highest BCUT2D eigenvalue weighted by Gasteiger charge is 2.64. The molecule has 0 unspecified atom stereocenters. The zero-order chi connectivity index (χ0) is 23.1. The Balaban J connectivity index is 1.77. The average Bonchev–Trinajstić information content (AvgIpc) is 2.69. The highest BCUT2D eigenvalue weighted by atomic mass is 16.5. The van der Waals surface area contributed by atoms with Crippen molar-refractivity contribution < 1.29 is 9.53 Å². The molecular formula is C25H32N4O2. The van der Waals surface area contributed by atoms with Crippen molar-refractivity contribution in [2.75, 3.05) is 0 Å². The second-order valence-corrected chi connectivity index (χ2v) is 10.1. The van der Waals surface area contributed by atoms with Gasteiger partial charge in [0.15, 0.2) is 5.69 Å². The lowest BCUT2D eigenvalue weighted by Crippen LogP contribution is -2.74. The molecule has 1 fully saturated rings. The van der Waals surface area contributed by atoms with Gasteiger partial charge in [0.2, 0.25) is 0 Å². The fourth-order valence-electron chi connectivity index (χ4n) is 5.08. The maximum absolute atomic E-state index is 12.8. The van der Waals surface area contributed by atoms with Gasteiger partial charge in [0, 0.05) is 16.9 Å². The molecular weight excluding hydrogens is 388 g/mol. The number of nitriles is 1. The number of nitrogens with zero attached hydrogens (tertiary/aromatic N) is 3. The maximum Gasteiger partial charge on any atom is 0.272 e. The molecule has 3 rings (SSSR count). The number of nitrogens with one attached hydrogen (secondary N) is 1. The van der Waals surface area contributed by atoms with Crippen LogP contribution in [0.1, 0.15) is 80.3 Å². The molecule has 1 aliphatic rings. The van der Waals surface area contributed by atoms with E-state index >= 15 is 0 Å². The number of ether oxygens (including phenoxy) is 1. The third kappa shape index (κ3) is 4.01. The lowest BCUT2D eigenvalue weighted by Gasteiger charge is -2.63. The van der Waals surface area contributed by atoms with E-state index in [1.807, 2.05) is 45.9 Å². The van der Waals surface area contributed by atoms with E-state index in [0.717, 1.165) is 22.6 Å². The van der Waals surface area contributed by atoms with E-state index in [2.05, 4.69) is 49.3 Å². The van der Waals surface area contributed by atoms with Crippen LogP contribution in [-0.4, -0.2) is 28.3 Å². The van der Waals surface area contributed by atoms with Crippen LogP contribution in [0.5, 0.6) is 5.75 Å². The van der Waals surface area contributed by atoms with E-state index in [1.165, 1.54) is 0 Å². The molecule has 6 heteroatoms. The molecule has 1 amide bonds. The number of aryl methyl sites for hydroxylation is 2. The van der Waals surface area contributed by atoms with Crippen molar-refractivity contribution in [3.8, 4) is 11.8 Å². The van der Waals surface area contributed by atoms with Crippen LogP contribution in [0.15, 0.2) is 24.3 Å². The number of benzene rings is 1. The zero-order valence-electron chi connectivity index (χ0n) is 19.7. The summed E-state index contributed by atoms with van der Waals surface area (Å²) in [5, 5.41) is 20.7. The van der Waals surface area contributed by atoms with Crippen molar-refractivity contribution in [3.63, 3.8) is 0 Å². The molecule has 0 saturated heterocycles. The highest BCUT2D eigenvalue weighted by molar-refractivity contribution is 5.92. The Bertz CT molecular complexity index is 993. The Morgan fingerprint density at radius 2 is 1.68 bits per heavy atom. The number of carbonyl (C=O) groups is 1. The van der Waals surface area contributed by atoms with Crippen molar-refractivity contribution >= 4 is 5.91 Å². The lowest BCUT2D eigenvalue weighted by molar-refractivity contribution is -0.164. The van der Waals surface area contributed by atoms with Crippen molar-refractivity contribution in [1.82, 2.24) is 15.5 Å². The van der Waals surface area contributed by atoms with Crippen LogP contribution in [0.2, 0.25) is 0 Å². The quantitative estimate of drug-likeness (QED) is 0.757. The van der Waals surface area contributed by atoms with Crippen molar-refractivity contribution in [1.29, 1.82) is 5.26 Å². The molecule has 0 radical (unpaired) electrons. The summed E-state index contributed by atoms with van der Waals surface area (Å²) in [6.45, 7) is 16.3. The molecule has 0 atom stereocenters. The average molecular weight is 421 g/mol. The zero-order valence-corrected chi connectivity index (χ0v) is 19.7. The molecule has 2 aromatic rings. The van der Waals surface area contributed by atoms with Gasteiger partial charge in [0.05, 0.1) is 17.3 Å². The van der Waals surface area contributed by atoms with E-state index in [1.54, 1.807) is 6.07 Å². The van der Waals surface area contributed by atoms with Gasteiger partial charge in [-0.05, 0) is 55.2 Å². The standard InChI is InChI=1S/C25H32N4O2/c1-14(2)19-9-10-20(29-28-19)21(30)27-22-24(5,6)23(25(22,7)8)31-17-11-15(3)18(13-26)16(4)12-17/h9-12,14,22-23H,1-8H3,(H,27,30). The van der Waals surface area contributed by atoms with E-state index in [9.17, 15) is 10.1 Å². The monoisotopic (exact) mass is 420 g/mol. The summed E-state index contributed by atoms with van der Waals surface area (Å²) in [7, 11) is 0. The predicted octanol–water partition coefficient (Wildman–Crippen LogP) is 4.70. The van der Waals surface area contributed by atoms with Crippen molar-refractivity contribution in [2.45, 2.75) is 73.5 Å². The molecule has 0 bridgehead atoms. The van der Waals surface area contributed by atoms with Gasteiger partial charge in [-0.15, -0.1) is 5.10 Å². The predicted molar refractivity (Wildman–Crippen MR) is 120 cm³/mol. The first-order valence-electron chi connectivity index (χ1n) is 10.7. The number of amides is 1.